The summed E-state index contributed by atoms with van der Waals surface area (Å²) in [5, 5.41) is 11.6. The minimum atomic E-state index is -1.28. The Bertz CT molecular complexity index is 884. The molecule has 1 fully saturated rings. The van der Waals surface area contributed by atoms with Crippen LogP contribution >= 0.6 is 11.8 Å². The van der Waals surface area contributed by atoms with Crippen molar-refractivity contribution < 1.29 is 29.0 Å². The number of fused-ring (bicyclic) bond motifs is 1. The molecule has 0 bridgehead atoms. The molecule has 1 aromatic rings. The van der Waals surface area contributed by atoms with Crippen molar-refractivity contribution >= 4 is 41.2 Å². The van der Waals surface area contributed by atoms with Crippen LogP contribution in [0.1, 0.15) is 12.5 Å². The smallest absolute Gasteiger partial charge is 0.352 e. The molecule has 2 atom stereocenters. The number of rotatable bonds is 6. The molecule has 2 heterocycles. The number of aliphatic carboxylic acids is 1. The minimum absolute atomic E-state index is 0.0210. The lowest BCUT2D eigenvalue weighted by molar-refractivity contribution is -0.151. The van der Waals surface area contributed by atoms with E-state index < -0.39 is 29.3 Å². The number of carbonyl (C=O) groups excluding carboxylic acids is 3. The molecule has 3 rings (SSSR count). The van der Waals surface area contributed by atoms with E-state index in [0.29, 0.717) is 16.8 Å². The monoisotopic (exact) mass is 405 g/mol. The number of benzene rings is 1. The first-order valence-corrected chi connectivity index (χ1v) is 9.50. The fraction of sp³-hybridized carbons (Fsp3) is 0.333. The van der Waals surface area contributed by atoms with Crippen molar-refractivity contribution in [2.24, 2.45) is 0 Å². The molecule has 28 heavy (non-hydrogen) atoms. The molecule has 0 saturated carbocycles. The van der Waals surface area contributed by atoms with E-state index in [9.17, 15) is 24.3 Å². The zero-order chi connectivity index (χ0) is 20.4. The van der Waals surface area contributed by atoms with Gasteiger partial charge in [-0.05, 0) is 11.6 Å². The van der Waals surface area contributed by atoms with Crippen LogP contribution in [0, 0.1) is 0 Å². The van der Waals surface area contributed by atoms with E-state index in [-0.39, 0.29) is 30.4 Å². The molecule has 148 valence electrons. The van der Waals surface area contributed by atoms with E-state index in [4.69, 9.17) is 10.5 Å². The number of esters is 1. The molecule has 4 N–H and O–H groups in total. The zero-order valence-corrected chi connectivity index (χ0v) is 15.8. The number of para-hydroxylation sites is 1. The summed E-state index contributed by atoms with van der Waals surface area (Å²) in [6.07, 6.45) is 0.0210. The number of nitrogens with one attached hydrogen (secondary N) is 1. The summed E-state index contributed by atoms with van der Waals surface area (Å²) in [5.41, 5.74) is 7.12. The van der Waals surface area contributed by atoms with E-state index >= 15 is 0 Å². The van der Waals surface area contributed by atoms with Crippen LogP contribution in [-0.4, -0.2) is 57.5 Å². The van der Waals surface area contributed by atoms with Gasteiger partial charge in [-0.25, -0.2) is 4.79 Å². The van der Waals surface area contributed by atoms with Crippen LogP contribution in [0.25, 0.3) is 0 Å². The van der Waals surface area contributed by atoms with Crippen LogP contribution in [0.15, 0.2) is 35.5 Å². The van der Waals surface area contributed by atoms with Crippen LogP contribution in [0.3, 0.4) is 0 Å². The van der Waals surface area contributed by atoms with Gasteiger partial charge in [0.2, 0.25) is 5.91 Å². The van der Waals surface area contributed by atoms with Gasteiger partial charge in [0.25, 0.3) is 5.91 Å². The number of nitrogen functional groups attached to an aromatic ring is 1. The van der Waals surface area contributed by atoms with Crippen LogP contribution in [-0.2, 0) is 30.3 Å². The fourth-order valence-corrected chi connectivity index (χ4v) is 4.40. The Morgan fingerprint density at radius 3 is 2.71 bits per heavy atom. The van der Waals surface area contributed by atoms with E-state index in [2.05, 4.69) is 5.32 Å². The number of carboxylic acid groups (broad SMARTS) is 1. The van der Waals surface area contributed by atoms with Crippen LogP contribution in [0.4, 0.5) is 5.69 Å². The molecule has 2 aliphatic rings. The Morgan fingerprint density at radius 1 is 1.36 bits per heavy atom. The Hall–Kier alpha value is -3.01. The van der Waals surface area contributed by atoms with Gasteiger partial charge in [-0.2, -0.15) is 0 Å². The number of amides is 2. The number of β-lactam (4-membered cyclic amide) rings is 1. The standard InChI is InChI=1S/C18H19N3O6S/c1-9(22)27-7-11-8-28-17-14(16(24)21(17)15(11)18(25)26)20-13(23)6-10-4-2-3-5-12(10)19/h2-5,14,17H,6-8,19H2,1H3,(H,20,23)(H,25,26)/t14-,17-/m1/s1. The fourth-order valence-electron chi connectivity index (χ4n) is 3.08. The van der Waals surface area contributed by atoms with Crippen LogP contribution in [0.2, 0.25) is 0 Å². The number of carboxylic acids is 1. The Labute approximate surface area is 164 Å². The van der Waals surface area contributed by atoms with E-state index in [0.717, 1.165) is 4.90 Å². The largest absolute Gasteiger partial charge is 0.477 e. The van der Waals surface area contributed by atoms with Gasteiger partial charge in [0.15, 0.2) is 0 Å². The third-order valence-electron chi connectivity index (χ3n) is 4.42. The molecular weight excluding hydrogens is 386 g/mol. The Morgan fingerprint density at radius 2 is 2.07 bits per heavy atom. The van der Waals surface area contributed by atoms with Crippen molar-refractivity contribution in [3.63, 3.8) is 0 Å². The van der Waals surface area contributed by atoms with Crippen molar-refractivity contribution in [2.75, 3.05) is 18.1 Å². The molecule has 2 aliphatic heterocycles. The number of nitrogens with two attached hydrogens (primary N) is 1. The molecular formula is C18H19N3O6S. The number of ether oxygens (including phenoxy) is 1. The van der Waals surface area contributed by atoms with Crippen LogP contribution in [0.5, 0.6) is 0 Å². The molecule has 0 spiro atoms. The second-order valence-corrected chi connectivity index (χ2v) is 7.47. The van der Waals surface area contributed by atoms with Crippen LogP contribution < -0.4 is 11.1 Å². The molecule has 10 heteroatoms. The first-order valence-electron chi connectivity index (χ1n) is 8.45. The SMILES string of the molecule is CC(=O)OCC1=C(C(=O)O)N2C(=O)[C@@H](NC(=O)Cc3ccccc3N)[C@H]2SC1. The lowest BCUT2D eigenvalue weighted by atomic mass is 10.0. The number of hydrogen-bond acceptors (Lipinski definition) is 7. The molecule has 0 unspecified atom stereocenters. The number of thioether (sulfide) groups is 1. The predicted octanol–water partition coefficient (Wildman–Crippen LogP) is 0.113. The summed E-state index contributed by atoms with van der Waals surface area (Å²) < 4.78 is 4.88. The van der Waals surface area contributed by atoms with Crippen molar-refractivity contribution in [1.82, 2.24) is 10.2 Å². The third-order valence-corrected chi connectivity index (χ3v) is 5.76. The van der Waals surface area contributed by atoms with E-state index in [1.54, 1.807) is 24.3 Å². The highest BCUT2D eigenvalue weighted by molar-refractivity contribution is 8.00. The molecule has 0 aromatic heterocycles. The molecule has 2 amide bonds. The second kappa shape index (κ2) is 7.93. The molecule has 0 radical (unpaired) electrons. The Balaban J connectivity index is 1.69. The highest BCUT2D eigenvalue weighted by Crippen LogP contribution is 2.40. The number of hydrogen-bond donors (Lipinski definition) is 3. The highest BCUT2D eigenvalue weighted by atomic mass is 32.2. The van der Waals surface area contributed by atoms with Gasteiger partial charge in [-0.15, -0.1) is 11.8 Å². The zero-order valence-electron chi connectivity index (χ0n) is 15.0. The van der Waals surface area contributed by atoms with Gasteiger partial charge in [-0.1, -0.05) is 18.2 Å². The van der Waals surface area contributed by atoms with Crippen molar-refractivity contribution in [1.29, 1.82) is 0 Å². The van der Waals surface area contributed by atoms with Gasteiger partial charge in [-0.3, -0.25) is 19.3 Å². The summed E-state index contributed by atoms with van der Waals surface area (Å²) in [5.74, 6) is -2.42. The summed E-state index contributed by atoms with van der Waals surface area (Å²) in [6, 6.07) is 6.12. The normalized spacial score (nSPS) is 20.9. The predicted molar refractivity (Wildman–Crippen MR) is 101 cm³/mol. The molecule has 0 aliphatic carbocycles. The molecule has 1 saturated heterocycles. The molecule has 1 aromatic carbocycles. The molecule has 9 nitrogen and oxygen atoms in total. The van der Waals surface area contributed by atoms with Crippen molar-refractivity contribution in [3.05, 3.63) is 41.1 Å². The maximum absolute atomic E-state index is 12.5. The van der Waals surface area contributed by atoms with Gasteiger partial charge in [0, 0.05) is 23.9 Å². The average molecular weight is 405 g/mol. The average Bonchev–Trinajstić information content (AvgIpc) is 2.65. The number of carbonyl (C=O) groups is 4. The van der Waals surface area contributed by atoms with Gasteiger partial charge < -0.3 is 20.9 Å². The first-order chi connectivity index (χ1) is 13.3. The van der Waals surface area contributed by atoms with Gasteiger partial charge in [0.05, 0.1) is 6.42 Å². The summed E-state index contributed by atoms with van der Waals surface area (Å²) in [6.45, 7) is 1.03. The van der Waals surface area contributed by atoms with Crippen molar-refractivity contribution in [2.45, 2.75) is 24.8 Å². The summed E-state index contributed by atoms with van der Waals surface area (Å²) >= 11 is 1.31. The minimum Gasteiger partial charge on any atom is -0.477 e. The first kappa shape index (κ1) is 19.7. The van der Waals surface area contributed by atoms with Gasteiger partial charge in [0.1, 0.15) is 23.7 Å². The quantitative estimate of drug-likeness (QED) is 0.344. The number of anilines is 1. The van der Waals surface area contributed by atoms with E-state index in [1.807, 2.05) is 0 Å². The maximum Gasteiger partial charge on any atom is 0.352 e. The summed E-state index contributed by atoms with van der Waals surface area (Å²) in [4.78, 5) is 48.6. The topological polar surface area (TPSA) is 139 Å². The summed E-state index contributed by atoms with van der Waals surface area (Å²) in [7, 11) is 0. The highest BCUT2D eigenvalue weighted by Gasteiger charge is 2.54. The van der Waals surface area contributed by atoms with Gasteiger partial charge >= 0.3 is 11.9 Å². The van der Waals surface area contributed by atoms with E-state index in [1.165, 1.54) is 18.7 Å². The Kier molecular flexibility index (Phi) is 5.59. The lowest BCUT2D eigenvalue weighted by Gasteiger charge is -2.49. The number of nitrogens with zero attached hydrogens (tertiary/aromatic N) is 1. The lowest BCUT2D eigenvalue weighted by Crippen LogP contribution is -2.70. The second-order valence-electron chi connectivity index (χ2n) is 6.37. The maximum atomic E-state index is 12.5. The van der Waals surface area contributed by atoms with Crippen molar-refractivity contribution in [3.8, 4) is 0 Å². The third kappa shape index (κ3) is 3.81.